The smallest absolute Gasteiger partial charge is 0.278 e. The number of fused-ring (bicyclic) bond motifs is 1. The van der Waals surface area contributed by atoms with Crippen molar-refractivity contribution in [2.24, 2.45) is 0 Å². The van der Waals surface area contributed by atoms with E-state index in [0.29, 0.717) is 18.8 Å². The van der Waals surface area contributed by atoms with E-state index in [2.05, 4.69) is 36.0 Å². The SMILES string of the molecule is CCn1nc(C)cc1C(=O)N(CCN(C)C)c1nc2c(C)ccc(C)c2s1. The third kappa shape index (κ3) is 3.89. The van der Waals surface area contributed by atoms with Crippen molar-refractivity contribution in [3.05, 3.63) is 40.7 Å². The maximum absolute atomic E-state index is 13.4. The predicted molar refractivity (Wildman–Crippen MR) is 112 cm³/mol. The monoisotopic (exact) mass is 385 g/mol. The van der Waals surface area contributed by atoms with E-state index in [-0.39, 0.29) is 5.91 Å². The number of nitrogens with zero attached hydrogens (tertiary/aromatic N) is 5. The Morgan fingerprint density at radius 1 is 1.15 bits per heavy atom. The summed E-state index contributed by atoms with van der Waals surface area (Å²) in [6, 6.07) is 6.06. The molecule has 0 aliphatic carbocycles. The Labute approximate surface area is 164 Å². The molecule has 2 aromatic heterocycles. The second-order valence-corrected chi connectivity index (χ2v) is 8.10. The third-order valence-electron chi connectivity index (χ3n) is 4.60. The van der Waals surface area contributed by atoms with Gasteiger partial charge in [0.05, 0.1) is 15.9 Å². The van der Waals surface area contributed by atoms with Crippen LogP contribution in [0.4, 0.5) is 5.13 Å². The fourth-order valence-electron chi connectivity index (χ4n) is 3.04. The van der Waals surface area contributed by atoms with Gasteiger partial charge in [-0.2, -0.15) is 5.10 Å². The lowest BCUT2D eigenvalue weighted by atomic mass is 10.1. The summed E-state index contributed by atoms with van der Waals surface area (Å²) < 4.78 is 2.91. The predicted octanol–water partition coefficient (Wildman–Crippen LogP) is 3.65. The van der Waals surface area contributed by atoms with Crippen LogP contribution < -0.4 is 4.90 Å². The number of likely N-dealkylation sites (N-methyl/N-ethyl adjacent to an activating group) is 1. The Morgan fingerprint density at radius 2 is 1.85 bits per heavy atom. The Kier molecular flexibility index (Phi) is 5.62. The molecule has 3 rings (SSSR count). The normalized spacial score (nSPS) is 11.5. The number of carbonyl (C=O) groups is 1. The zero-order chi connectivity index (χ0) is 19.7. The van der Waals surface area contributed by atoms with Gasteiger partial charge >= 0.3 is 0 Å². The molecular weight excluding hydrogens is 358 g/mol. The van der Waals surface area contributed by atoms with Gasteiger partial charge in [-0.25, -0.2) is 4.98 Å². The highest BCUT2D eigenvalue weighted by atomic mass is 32.1. The van der Waals surface area contributed by atoms with E-state index in [4.69, 9.17) is 4.98 Å². The molecule has 6 nitrogen and oxygen atoms in total. The Bertz CT molecular complexity index is 933. The highest BCUT2D eigenvalue weighted by molar-refractivity contribution is 7.22. The Hall–Kier alpha value is -2.25. The Balaban J connectivity index is 2.07. The molecule has 0 fully saturated rings. The van der Waals surface area contributed by atoms with Crippen molar-refractivity contribution < 1.29 is 4.79 Å². The average Bonchev–Trinajstić information content (AvgIpc) is 3.22. The minimum atomic E-state index is -0.0475. The van der Waals surface area contributed by atoms with E-state index in [1.807, 2.05) is 34.0 Å². The summed E-state index contributed by atoms with van der Waals surface area (Å²) in [4.78, 5) is 22.1. The molecule has 2 heterocycles. The van der Waals surface area contributed by atoms with Crippen LogP contribution in [0.25, 0.3) is 10.2 Å². The summed E-state index contributed by atoms with van der Waals surface area (Å²) >= 11 is 1.59. The van der Waals surface area contributed by atoms with E-state index in [1.165, 1.54) is 5.56 Å². The van der Waals surface area contributed by atoms with Crippen molar-refractivity contribution >= 4 is 32.6 Å². The fourth-order valence-corrected chi connectivity index (χ4v) is 4.18. The Morgan fingerprint density at radius 3 is 2.48 bits per heavy atom. The molecular formula is C20H27N5OS. The van der Waals surface area contributed by atoms with Gasteiger partial charge in [0.25, 0.3) is 5.91 Å². The number of aryl methyl sites for hydroxylation is 4. The molecule has 0 aliphatic rings. The third-order valence-corrected chi connectivity index (χ3v) is 5.81. The lowest BCUT2D eigenvalue weighted by molar-refractivity contribution is 0.0975. The fraction of sp³-hybridized carbons (Fsp3) is 0.450. The number of anilines is 1. The van der Waals surface area contributed by atoms with Crippen LogP contribution in [0, 0.1) is 20.8 Å². The van der Waals surface area contributed by atoms with E-state index in [9.17, 15) is 4.79 Å². The van der Waals surface area contributed by atoms with Gasteiger partial charge in [-0.15, -0.1) is 0 Å². The van der Waals surface area contributed by atoms with Crippen molar-refractivity contribution in [3.63, 3.8) is 0 Å². The lowest BCUT2D eigenvalue weighted by Gasteiger charge is -2.22. The van der Waals surface area contributed by atoms with Crippen molar-refractivity contribution in [2.45, 2.75) is 34.2 Å². The number of rotatable bonds is 6. The standard InChI is InChI=1S/C20H27N5OS/c1-7-25-16(12-15(4)22-25)19(26)24(11-10-23(5)6)20-21-17-13(2)8-9-14(3)18(17)27-20/h8-9,12H,7,10-11H2,1-6H3. The molecule has 0 bridgehead atoms. The van der Waals surface area contributed by atoms with Gasteiger partial charge in [0.2, 0.25) is 0 Å². The molecule has 0 N–H and O–H groups in total. The molecule has 0 spiro atoms. The van der Waals surface area contributed by atoms with Gasteiger partial charge in [-0.05, 0) is 59.0 Å². The highest BCUT2D eigenvalue weighted by Gasteiger charge is 2.25. The second kappa shape index (κ2) is 7.78. The van der Waals surface area contributed by atoms with Crippen LogP contribution in [0.5, 0.6) is 0 Å². The first-order valence-corrected chi connectivity index (χ1v) is 10.0. The van der Waals surface area contributed by atoms with E-state index in [0.717, 1.165) is 33.2 Å². The zero-order valence-corrected chi connectivity index (χ0v) is 17.7. The molecule has 0 saturated heterocycles. The minimum Gasteiger partial charge on any atom is -0.308 e. The van der Waals surface area contributed by atoms with Gasteiger partial charge in [0.1, 0.15) is 5.69 Å². The molecule has 0 aliphatic heterocycles. The summed E-state index contributed by atoms with van der Waals surface area (Å²) in [5.41, 5.74) is 4.77. The second-order valence-electron chi connectivity index (χ2n) is 7.12. The number of aromatic nitrogens is 3. The van der Waals surface area contributed by atoms with Crippen LogP contribution >= 0.6 is 11.3 Å². The molecule has 7 heteroatoms. The number of benzene rings is 1. The first-order chi connectivity index (χ1) is 12.8. The van der Waals surface area contributed by atoms with Crippen molar-refractivity contribution in [3.8, 4) is 0 Å². The summed E-state index contributed by atoms with van der Waals surface area (Å²) in [6.07, 6.45) is 0. The first-order valence-electron chi connectivity index (χ1n) is 9.19. The van der Waals surface area contributed by atoms with Gasteiger partial charge in [-0.1, -0.05) is 23.5 Å². The van der Waals surface area contributed by atoms with E-state index in [1.54, 1.807) is 20.9 Å². The zero-order valence-electron chi connectivity index (χ0n) is 16.9. The maximum atomic E-state index is 13.4. The van der Waals surface area contributed by atoms with Crippen LogP contribution in [0.3, 0.4) is 0 Å². The van der Waals surface area contributed by atoms with Crippen LogP contribution in [-0.2, 0) is 6.54 Å². The number of hydrogen-bond acceptors (Lipinski definition) is 5. The van der Waals surface area contributed by atoms with Crippen LogP contribution in [0.2, 0.25) is 0 Å². The van der Waals surface area contributed by atoms with Crippen molar-refractivity contribution in [1.29, 1.82) is 0 Å². The molecule has 1 aromatic carbocycles. The lowest BCUT2D eigenvalue weighted by Crippen LogP contribution is -2.37. The van der Waals surface area contributed by atoms with Gasteiger partial charge in [0.15, 0.2) is 5.13 Å². The van der Waals surface area contributed by atoms with Gasteiger partial charge < -0.3 is 4.90 Å². The highest BCUT2D eigenvalue weighted by Crippen LogP contribution is 2.33. The van der Waals surface area contributed by atoms with E-state index < -0.39 is 0 Å². The summed E-state index contributed by atoms with van der Waals surface area (Å²) in [5.74, 6) is -0.0475. The largest absolute Gasteiger partial charge is 0.308 e. The summed E-state index contributed by atoms with van der Waals surface area (Å²) in [5, 5.41) is 5.18. The molecule has 0 saturated carbocycles. The van der Waals surface area contributed by atoms with E-state index >= 15 is 0 Å². The van der Waals surface area contributed by atoms with Crippen molar-refractivity contribution in [1.82, 2.24) is 19.7 Å². The van der Waals surface area contributed by atoms with Crippen molar-refractivity contribution in [2.75, 3.05) is 32.1 Å². The summed E-state index contributed by atoms with van der Waals surface area (Å²) in [6.45, 7) is 10.1. The maximum Gasteiger partial charge on any atom is 0.278 e. The number of carbonyl (C=O) groups excluding carboxylic acids is 1. The molecule has 0 unspecified atom stereocenters. The number of amides is 1. The molecule has 0 radical (unpaired) electrons. The van der Waals surface area contributed by atoms with Crippen LogP contribution in [0.1, 0.15) is 34.2 Å². The minimum absolute atomic E-state index is 0.0475. The average molecular weight is 386 g/mol. The summed E-state index contributed by atoms with van der Waals surface area (Å²) in [7, 11) is 4.02. The number of thiazole rings is 1. The van der Waals surface area contributed by atoms with Crippen LogP contribution in [0.15, 0.2) is 18.2 Å². The molecule has 3 aromatic rings. The first kappa shape index (κ1) is 19.5. The quantitative estimate of drug-likeness (QED) is 0.650. The molecule has 0 atom stereocenters. The van der Waals surface area contributed by atoms with Crippen LogP contribution in [-0.4, -0.2) is 52.8 Å². The molecule has 27 heavy (non-hydrogen) atoms. The molecule has 144 valence electrons. The van der Waals surface area contributed by atoms with Gasteiger partial charge in [-0.3, -0.25) is 14.4 Å². The van der Waals surface area contributed by atoms with Gasteiger partial charge in [0, 0.05) is 19.6 Å². The molecule has 1 amide bonds. The topological polar surface area (TPSA) is 54.3 Å². The number of hydrogen-bond donors (Lipinski definition) is 0.